The van der Waals surface area contributed by atoms with Gasteiger partial charge in [0.15, 0.2) is 9.84 Å². The van der Waals surface area contributed by atoms with Gasteiger partial charge in [0, 0.05) is 12.8 Å². The van der Waals surface area contributed by atoms with E-state index in [1.807, 2.05) is 0 Å². The Labute approximate surface area is 65.3 Å². The molecule has 66 valence electrons. The van der Waals surface area contributed by atoms with Gasteiger partial charge in [-0.05, 0) is 0 Å². The van der Waals surface area contributed by atoms with Crippen molar-refractivity contribution in [1.29, 1.82) is 0 Å². The van der Waals surface area contributed by atoms with E-state index in [4.69, 9.17) is 5.11 Å². The van der Waals surface area contributed by atoms with E-state index < -0.39 is 21.5 Å². The van der Waals surface area contributed by atoms with E-state index in [1.165, 1.54) is 0 Å². The predicted octanol–water partition coefficient (Wildman–Crippen LogP) is -1.86. The van der Waals surface area contributed by atoms with Crippen molar-refractivity contribution in [2.45, 2.75) is 0 Å². The lowest BCUT2D eigenvalue weighted by Gasteiger charge is -2.00. The number of aliphatic hydroxyl groups is 1. The Hall–Kier alpha value is -0.620. The highest BCUT2D eigenvalue weighted by atomic mass is 32.2. The van der Waals surface area contributed by atoms with Crippen molar-refractivity contribution in [2.24, 2.45) is 0 Å². The molecule has 0 aromatic heterocycles. The van der Waals surface area contributed by atoms with Crippen LogP contribution in [0.5, 0.6) is 0 Å². The zero-order valence-electron chi connectivity index (χ0n) is 6.20. The highest BCUT2D eigenvalue weighted by molar-refractivity contribution is 7.91. The molecule has 0 atom stereocenters. The number of carbonyl (C=O) groups excluding carboxylic acids is 1. The molecular formula is C5H11NO4S. The van der Waals surface area contributed by atoms with Crippen molar-refractivity contribution in [2.75, 3.05) is 25.2 Å². The van der Waals surface area contributed by atoms with E-state index in [-0.39, 0.29) is 13.2 Å². The van der Waals surface area contributed by atoms with Gasteiger partial charge in [-0.1, -0.05) is 0 Å². The van der Waals surface area contributed by atoms with Crippen molar-refractivity contribution in [1.82, 2.24) is 5.32 Å². The maximum atomic E-state index is 10.6. The van der Waals surface area contributed by atoms with E-state index in [2.05, 4.69) is 5.32 Å². The van der Waals surface area contributed by atoms with Crippen LogP contribution in [0.25, 0.3) is 0 Å². The lowest BCUT2D eigenvalue weighted by Crippen LogP contribution is -2.31. The summed E-state index contributed by atoms with van der Waals surface area (Å²) in [6, 6.07) is 0. The summed E-state index contributed by atoms with van der Waals surface area (Å²) in [4.78, 5) is 10.6. The summed E-state index contributed by atoms with van der Waals surface area (Å²) in [7, 11) is -3.25. The molecule has 11 heavy (non-hydrogen) atoms. The lowest BCUT2D eigenvalue weighted by molar-refractivity contribution is -0.118. The highest BCUT2D eigenvalue weighted by Gasteiger charge is 2.08. The molecule has 5 nitrogen and oxygen atoms in total. The smallest absolute Gasteiger partial charge is 0.235 e. The molecule has 0 saturated carbocycles. The quantitative estimate of drug-likeness (QED) is 0.532. The van der Waals surface area contributed by atoms with Gasteiger partial charge in [0.2, 0.25) is 5.91 Å². The predicted molar refractivity (Wildman–Crippen MR) is 39.8 cm³/mol. The number of aliphatic hydroxyl groups excluding tert-OH is 1. The summed E-state index contributed by atoms with van der Waals surface area (Å²) in [6.45, 7) is -0.0934. The molecule has 0 spiro atoms. The Morgan fingerprint density at radius 2 is 2.09 bits per heavy atom. The third-order valence-corrected chi connectivity index (χ3v) is 1.61. The molecule has 0 aromatic carbocycles. The lowest BCUT2D eigenvalue weighted by atomic mass is 10.6. The summed E-state index contributed by atoms with van der Waals surface area (Å²) in [6.07, 6.45) is 0.978. The summed E-state index contributed by atoms with van der Waals surface area (Å²) in [5.74, 6) is -1.10. The molecule has 0 bridgehead atoms. The average molecular weight is 181 g/mol. The number of rotatable bonds is 4. The van der Waals surface area contributed by atoms with Crippen molar-refractivity contribution in [3.05, 3.63) is 0 Å². The van der Waals surface area contributed by atoms with Crippen LogP contribution in [0.4, 0.5) is 0 Å². The Morgan fingerprint density at radius 1 is 1.55 bits per heavy atom. The first-order chi connectivity index (χ1) is 4.95. The third-order valence-electron chi connectivity index (χ3n) is 0.827. The van der Waals surface area contributed by atoms with E-state index in [0.717, 1.165) is 6.26 Å². The Morgan fingerprint density at radius 3 is 2.45 bits per heavy atom. The number of hydrogen-bond acceptors (Lipinski definition) is 4. The van der Waals surface area contributed by atoms with Crippen LogP contribution in [0, 0.1) is 0 Å². The molecule has 2 N–H and O–H groups in total. The number of hydrogen-bond donors (Lipinski definition) is 2. The van der Waals surface area contributed by atoms with Crippen LogP contribution in [0.3, 0.4) is 0 Å². The van der Waals surface area contributed by atoms with Gasteiger partial charge in [-0.3, -0.25) is 4.79 Å². The molecule has 0 unspecified atom stereocenters. The van der Waals surface area contributed by atoms with Gasteiger partial charge in [0.1, 0.15) is 5.75 Å². The monoisotopic (exact) mass is 181 g/mol. The Kier molecular flexibility index (Phi) is 4.06. The minimum absolute atomic E-state index is 0.0916. The van der Waals surface area contributed by atoms with Crippen LogP contribution in [0.1, 0.15) is 0 Å². The van der Waals surface area contributed by atoms with E-state index in [1.54, 1.807) is 0 Å². The van der Waals surface area contributed by atoms with Crippen LogP contribution < -0.4 is 5.32 Å². The maximum absolute atomic E-state index is 10.6. The number of nitrogens with one attached hydrogen (secondary N) is 1. The highest BCUT2D eigenvalue weighted by Crippen LogP contribution is 1.80. The molecule has 1 amide bonds. The van der Waals surface area contributed by atoms with Crippen molar-refractivity contribution >= 4 is 15.7 Å². The summed E-state index contributed by atoms with van der Waals surface area (Å²) < 4.78 is 21.0. The van der Waals surface area contributed by atoms with Crippen LogP contribution >= 0.6 is 0 Å². The van der Waals surface area contributed by atoms with Crippen molar-refractivity contribution in [3.63, 3.8) is 0 Å². The summed E-state index contributed by atoms with van der Waals surface area (Å²) in [5.41, 5.74) is 0. The van der Waals surface area contributed by atoms with Crippen LogP contribution in [-0.4, -0.2) is 44.6 Å². The Bertz CT molecular complexity index is 221. The fourth-order valence-corrected chi connectivity index (χ4v) is 1.06. The van der Waals surface area contributed by atoms with Crippen LogP contribution in [0.2, 0.25) is 0 Å². The van der Waals surface area contributed by atoms with Gasteiger partial charge in [0.25, 0.3) is 0 Å². The normalized spacial score (nSPS) is 11.1. The van der Waals surface area contributed by atoms with Crippen LogP contribution in [-0.2, 0) is 14.6 Å². The molecule has 0 rings (SSSR count). The second-order valence-corrected chi connectivity index (χ2v) is 4.28. The largest absolute Gasteiger partial charge is 0.395 e. The topological polar surface area (TPSA) is 83.5 Å². The third kappa shape index (κ3) is 7.27. The fourth-order valence-electron chi connectivity index (χ4n) is 0.484. The van der Waals surface area contributed by atoms with E-state index in [9.17, 15) is 13.2 Å². The number of sulfone groups is 1. The fraction of sp³-hybridized carbons (Fsp3) is 0.800. The molecule has 0 heterocycles. The molecule has 6 heteroatoms. The summed E-state index contributed by atoms with van der Waals surface area (Å²) in [5, 5.41) is 10.5. The molecule has 0 radical (unpaired) electrons. The second kappa shape index (κ2) is 4.30. The molecule has 0 aliphatic heterocycles. The minimum atomic E-state index is -3.25. The van der Waals surface area contributed by atoms with E-state index in [0.29, 0.717) is 0 Å². The van der Waals surface area contributed by atoms with E-state index >= 15 is 0 Å². The molecule has 0 saturated heterocycles. The van der Waals surface area contributed by atoms with Crippen LogP contribution in [0.15, 0.2) is 0 Å². The molecular weight excluding hydrogens is 170 g/mol. The maximum Gasteiger partial charge on any atom is 0.235 e. The number of carbonyl (C=O) groups is 1. The van der Waals surface area contributed by atoms with Crippen molar-refractivity contribution in [3.8, 4) is 0 Å². The zero-order valence-corrected chi connectivity index (χ0v) is 7.02. The van der Waals surface area contributed by atoms with Gasteiger partial charge >= 0.3 is 0 Å². The summed E-state index contributed by atoms with van der Waals surface area (Å²) >= 11 is 0. The molecule has 0 aromatic rings. The zero-order chi connectivity index (χ0) is 8.91. The minimum Gasteiger partial charge on any atom is -0.395 e. The Balaban J connectivity index is 3.71. The van der Waals surface area contributed by atoms with Gasteiger partial charge in [-0.15, -0.1) is 0 Å². The van der Waals surface area contributed by atoms with Crippen molar-refractivity contribution < 1.29 is 18.3 Å². The SMILES string of the molecule is CS(=O)(=O)CC(=O)NCCO. The van der Waals surface area contributed by atoms with Gasteiger partial charge in [0.05, 0.1) is 6.61 Å². The number of amides is 1. The van der Waals surface area contributed by atoms with Gasteiger partial charge in [-0.25, -0.2) is 8.42 Å². The molecule has 0 aliphatic carbocycles. The van der Waals surface area contributed by atoms with Gasteiger partial charge < -0.3 is 10.4 Å². The second-order valence-electron chi connectivity index (χ2n) is 2.14. The first-order valence-electron chi connectivity index (χ1n) is 3.01. The average Bonchev–Trinajstić information content (AvgIpc) is 1.79. The van der Waals surface area contributed by atoms with Gasteiger partial charge in [-0.2, -0.15) is 0 Å². The first kappa shape index (κ1) is 10.4. The molecule has 0 aliphatic rings. The standard InChI is InChI=1S/C5H11NO4S/c1-11(9,10)4-5(8)6-2-3-7/h7H,2-4H2,1H3,(H,6,8). The molecule has 0 fully saturated rings. The first-order valence-corrected chi connectivity index (χ1v) is 5.07.